The first-order valence-corrected chi connectivity index (χ1v) is 6.80. The summed E-state index contributed by atoms with van der Waals surface area (Å²) in [4.78, 5) is 17.3. The van der Waals surface area contributed by atoms with Gasteiger partial charge in [0.25, 0.3) is 0 Å². The standard InChI is InChI=1S/C15H19N3O3/c1-3-21-11-10-17(2)15-12(7-8-14(19)20)18-9-5-4-6-13(18)16-15/h4-9H,3,10-11H2,1-2H3,(H,19,20)/b8-7+. The number of carbonyl (C=O) groups is 1. The molecule has 0 radical (unpaired) electrons. The van der Waals surface area contributed by atoms with E-state index in [1.807, 2.05) is 47.7 Å². The lowest BCUT2D eigenvalue weighted by Gasteiger charge is -2.17. The highest BCUT2D eigenvalue weighted by Gasteiger charge is 2.13. The normalized spacial score (nSPS) is 11.3. The van der Waals surface area contributed by atoms with Crippen LogP contribution in [0.1, 0.15) is 12.6 Å². The van der Waals surface area contributed by atoms with Gasteiger partial charge in [0, 0.05) is 32.5 Å². The first-order chi connectivity index (χ1) is 10.1. The number of hydrogen-bond donors (Lipinski definition) is 1. The highest BCUT2D eigenvalue weighted by molar-refractivity contribution is 5.86. The van der Waals surface area contributed by atoms with Crippen molar-refractivity contribution in [3.8, 4) is 0 Å². The van der Waals surface area contributed by atoms with Gasteiger partial charge < -0.3 is 14.7 Å². The van der Waals surface area contributed by atoms with Gasteiger partial charge in [-0.25, -0.2) is 9.78 Å². The molecule has 2 rings (SSSR count). The van der Waals surface area contributed by atoms with Crippen molar-refractivity contribution < 1.29 is 14.6 Å². The van der Waals surface area contributed by atoms with Crippen LogP contribution >= 0.6 is 0 Å². The predicted octanol–water partition coefficient (Wildman–Crippen LogP) is 1.90. The molecular formula is C15H19N3O3. The second kappa shape index (κ2) is 6.90. The predicted molar refractivity (Wildman–Crippen MR) is 81.6 cm³/mol. The average Bonchev–Trinajstić information content (AvgIpc) is 2.84. The molecule has 2 aromatic rings. The van der Waals surface area contributed by atoms with Crippen LogP contribution in [-0.2, 0) is 9.53 Å². The van der Waals surface area contributed by atoms with Gasteiger partial charge >= 0.3 is 5.97 Å². The first kappa shape index (κ1) is 15.1. The van der Waals surface area contributed by atoms with E-state index in [1.54, 1.807) is 6.08 Å². The summed E-state index contributed by atoms with van der Waals surface area (Å²) in [5, 5.41) is 8.84. The third-order valence-electron chi connectivity index (χ3n) is 3.07. The van der Waals surface area contributed by atoms with Crippen LogP contribution in [-0.4, -0.2) is 47.3 Å². The van der Waals surface area contributed by atoms with E-state index in [0.29, 0.717) is 19.8 Å². The molecule has 0 aliphatic rings. The Bertz CT molecular complexity index is 649. The van der Waals surface area contributed by atoms with Gasteiger partial charge in [0.1, 0.15) is 5.65 Å². The molecule has 0 saturated carbocycles. The zero-order chi connectivity index (χ0) is 15.2. The van der Waals surface area contributed by atoms with Gasteiger partial charge in [-0.15, -0.1) is 0 Å². The average molecular weight is 289 g/mol. The number of anilines is 1. The molecule has 6 heteroatoms. The number of hydrogen-bond acceptors (Lipinski definition) is 4. The third kappa shape index (κ3) is 3.61. The Morgan fingerprint density at radius 3 is 3.05 bits per heavy atom. The fraction of sp³-hybridized carbons (Fsp3) is 0.333. The number of carboxylic acid groups (broad SMARTS) is 1. The molecule has 0 bridgehead atoms. The molecule has 2 aromatic heterocycles. The summed E-state index contributed by atoms with van der Waals surface area (Å²) in [6, 6.07) is 5.67. The van der Waals surface area contributed by atoms with E-state index in [1.165, 1.54) is 0 Å². The lowest BCUT2D eigenvalue weighted by atomic mass is 10.3. The summed E-state index contributed by atoms with van der Waals surface area (Å²) in [5.41, 5.74) is 1.52. The summed E-state index contributed by atoms with van der Waals surface area (Å²) >= 11 is 0. The minimum Gasteiger partial charge on any atom is -0.478 e. The van der Waals surface area contributed by atoms with Gasteiger partial charge in [-0.3, -0.25) is 4.40 Å². The zero-order valence-corrected chi connectivity index (χ0v) is 12.2. The molecule has 0 aliphatic heterocycles. The minimum atomic E-state index is -0.983. The van der Waals surface area contributed by atoms with Crippen molar-refractivity contribution in [2.75, 3.05) is 31.7 Å². The van der Waals surface area contributed by atoms with Crippen LogP contribution in [0.3, 0.4) is 0 Å². The summed E-state index contributed by atoms with van der Waals surface area (Å²) < 4.78 is 7.22. The van der Waals surface area contributed by atoms with Gasteiger partial charge in [-0.2, -0.15) is 0 Å². The number of ether oxygens (including phenoxy) is 1. The molecule has 0 spiro atoms. The fourth-order valence-corrected chi connectivity index (χ4v) is 2.04. The van der Waals surface area contributed by atoms with E-state index in [4.69, 9.17) is 9.84 Å². The Hall–Kier alpha value is -2.34. The lowest BCUT2D eigenvalue weighted by molar-refractivity contribution is -0.131. The largest absolute Gasteiger partial charge is 0.478 e. The van der Waals surface area contributed by atoms with Gasteiger partial charge in [0.15, 0.2) is 5.82 Å². The molecule has 0 amide bonds. The van der Waals surface area contributed by atoms with Gasteiger partial charge in [0.05, 0.1) is 12.3 Å². The zero-order valence-electron chi connectivity index (χ0n) is 12.2. The molecule has 2 heterocycles. The maximum Gasteiger partial charge on any atom is 0.328 e. The fourth-order valence-electron chi connectivity index (χ4n) is 2.04. The van der Waals surface area contributed by atoms with Crippen LogP contribution in [0.4, 0.5) is 5.82 Å². The topological polar surface area (TPSA) is 67.1 Å². The van der Waals surface area contributed by atoms with Crippen molar-refractivity contribution in [2.45, 2.75) is 6.92 Å². The van der Waals surface area contributed by atoms with E-state index >= 15 is 0 Å². The Morgan fingerprint density at radius 1 is 1.52 bits per heavy atom. The van der Waals surface area contributed by atoms with Crippen LogP contribution in [0, 0.1) is 0 Å². The number of rotatable bonds is 7. The molecule has 21 heavy (non-hydrogen) atoms. The quantitative estimate of drug-likeness (QED) is 0.623. The van der Waals surface area contributed by atoms with Crippen LogP contribution in [0.2, 0.25) is 0 Å². The van der Waals surface area contributed by atoms with Crippen molar-refractivity contribution in [2.24, 2.45) is 0 Å². The number of aromatic nitrogens is 2. The minimum absolute atomic E-state index is 0.600. The van der Waals surface area contributed by atoms with Crippen LogP contribution in [0.5, 0.6) is 0 Å². The van der Waals surface area contributed by atoms with E-state index < -0.39 is 5.97 Å². The highest BCUT2D eigenvalue weighted by atomic mass is 16.5. The Morgan fingerprint density at radius 2 is 2.33 bits per heavy atom. The van der Waals surface area contributed by atoms with Crippen molar-refractivity contribution in [1.29, 1.82) is 0 Å². The molecule has 0 fully saturated rings. The van der Waals surface area contributed by atoms with Gasteiger partial charge in [0.2, 0.25) is 0 Å². The molecule has 112 valence electrons. The number of aliphatic carboxylic acids is 1. The number of nitrogens with zero attached hydrogens (tertiary/aromatic N) is 3. The van der Waals surface area contributed by atoms with E-state index in [-0.39, 0.29) is 0 Å². The molecule has 1 N–H and O–H groups in total. The van der Waals surface area contributed by atoms with E-state index in [9.17, 15) is 4.79 Å². The van der Waals surface area contributed by atoms with Crippen molar-refractivity contribution in [3.63, 3.8) is 0 Å². The second-order valence-corrected chi connectivity index (χ2v) is 4.54. The first-order valence-electron chi connectivity index (χ1n) is 6.80. The van der Waals surface area contributed by atoms with Gasteiger partial charge in [-0.05, 0) is 25.1 Å². The van der Waals surface area contributed by atoms with Crippen molar-refractivity contribution >= 4 is 23.5 Å². The molecular weight excluding hydrogens is 270 g/mol. The number of carboxylic acids is 1. The van der Waals surface area contributed by atoms with Crippen molar-refractivity contribution in [1.82, 2.24) is 9.38 Å². The summed E-state index contributed by atoms with van der Waals surface area (Å²) in [6.07, 6.45) is 4.55. The van der Waals surface area contributed by atoms with Crippen LogP contribution < -0.4 is 4.90 Å². The highest BCUT2D eigenvalue weighted by Crippen LogP contribution is 2.22. The van der Waals surface area contributed by atoms with Crippen LogP contribution in [0.25, 0.3) is 11.7 Å². The molecule has 0 saturated heterocycles. The monoisotopic (exact) mass is 289 g/mol. The molecule has 0 aliphatic carbocycles. The smallest absolute Gasteiger partial charge is 0.328 e. The summed E-state index contributed by atoms with van der Waals surface area (Å²) in [5.74, 6) is -0.248. The SMILES string of the molecule is CCOCCN(C)c1nc2ccccn2c1/C=C/C(=O)O. The molecule has 6 nitrogen and oxygen atoms in total. The van der Waals surface area contributed by atoms with Crippen molar-refractivity contribution in [3.05, 3.63) is 36.2 Å². The molecule has 0 atom stereocenters. The second-order valence-electron chi connectivity index (χ2n) is 4.54. The number of pyridine rings is 1. The Labute approximate surface area is 123 Å². The Kier molecular flexibility index (Phi) is 4.94. The molecule has 0 unspecified atom stereocenters. The summed E-state index contributed by atoms with van der Waals surface area (Å²) in [7, 11) is 1.92. The summed E-state index contributed by atoms with van der Waals surface area (Å²) in [6.45, 7) is 3.91. The molecule has 0 aromatic carbocycles. The van der Waals surface area contributed by atoms with E-state index in [0.717, 1.165) is 23.2 Å². The van der Waals surface area contributed by atoms with Gasteiger partial charge in [-0.1, -0.05) is 6.07 Å². The maximum atomic E-state index is 10.8. The number of likely N-dealkylation sites (N-methyl/N-ethyl adjacent to an activating group) is 1. The number of fused-ring (bicyclic) bond motifs is 1. The Balaban J connectivity index is 2.36. The lowest BCUT2D eigenvalue weighted by Crippen LogP contribution is -2.23. The third-order valence-corrected chi connectivity index (χ3v) is 3.07. The maximum absolute atomic E-state index is 10.8. The number of imidazole rings is 1. The van der Waals surface area contributed by atoms with E-state index in [2.05, 4.69) is 4.98 Å². The van der Waals surface area contributed by atoms with Crippen LogP contribution in [0.15, 0.2) is 30.5 Å².